The molecule has 0 unspecified atom stereocenters. The van der Waals surface area contributed by atoms with E-state index in [-0.39, 0.29) is 10.9 Å². The van der Waals surface area contributed by atoms with Gasteiger partial charge in [-0.15, -0.1) is 0 Å². The van der Waals surface area contributed by atoms with Crippen molar-refractivity contribution in [1.82, 2.24) is 0 Å². The van der Waals surface area contributed by atoms with E-state index in [9.17, 15) is 8.42 Å². The Hall–Kier alpha value is -2.21. The summed E-state index contributed by atoms with van der Waals surface area (Å²) in [6, 6.07) is 12.3. The van der Waals surface area contributed by atoms with Gasteiger partial charge in [-0.3, -0.25) is 4.31 Å². The number of methoxy groups -OCH3 is 2. The average molecular weight is 347 g/mol. The van der Waals surface area contributed by atoms with Crippen LogP contribution in [0.1, 0.15) is 18.9 Å². The molecule has 24 heavy (non-hydrogen) atoms. The van der Waals surface area contributed by atoms with Crippen molar-refractivity contribution >= 4 is 15.7 Å². The third kappa shape index (κ3) is 2.71. The molecule has 6 heteroatoms. The second-order valence-corrected chi connectivity index (χ2v) is 7.62. The van der Waals surface area contributed by atoms with E-state index in [0.29, 0.717) is 11.5 Å². The van der Waals surface area contributed by atoms with Crippen LogP contribution in [0.4, 0.5) is 5.69 Å². The molecule has 0 amide bonds. The number of para-hydroxylation sites is 1. The third-order valence-electron chi connectivity index (χ3n) is 4.37. The van der Waals surface area contributed by atoms with Gasteiger partial charge in [0.05, 0.1) is 19.9 Å². The van der Waals surface area contributed by atoms with E-state index in [1.807, 2.05) is 31.2 Å². The Morgan fingerprint density at radius 1 is 1.08 bits per heavy atom. The van der Waals surface area contributed by atoms with Gasteiger partial charge in [0.25, 0.3) is 10.0 Å². The van der Waals surface area contributed by atoms with Crippen LogP contribution < -0.4 is 13.8 Å². The molecule has 5 nitrogen and oxygen atoms in total. The first-order valence-electron chi connectivity index (χ1n) is 7.83. The number of hydrogen-bond donors (Lipinski definition) is 0. The summed E-state index contributed by atoms with van der Waals surface area (Å²) < 4.78 is 38.8. The number of ether oxygens (including phenoxy) is 2. The Morgan fingerprint density at radius 3 is 2.54 bits per heavy atom. The van der Waals surface area contributed by atoms with Gasteiger partial charge in [0.2, 0.25) is 0 Å². The molecule has 0 aromatic heterocycles. The predicted octanol–water partition coefficient (Wildman–Crippen LogP) is 3.23. The lowest BCUT2D eigenvalue weighted by Crippen LogP contribution is -2.42. The third-order valence-corrected chi connectivity index (χ3v) is 6.32. The molecule has 2 aromatic rings. The molecule has 0 saturated carbocycles. The van der Waals surface area contributed by atoms with E-state index >= 15 is 0 Å². The summed E-state index contributed by atoms with van der Waals surface area (Å²) in [5.74, 6) is 0.790. The van der Waals surface area contributed by atoms with Gasteiger partial charge in [0, 0.05) is 12.1 Å². The molecule has 1 aliphatic heterocycles. The second-order valence-electron chi connectivity index (χ2n) is 5.83. The van der Waals surface area contributed by atoms with Gasteiger partial charge in [-0.1, -0.05) is 18.2 Å². The number of anilines is 1. The smallest absolute Gasteiger partial charge is 0.268 e. The van der Waals surface area contributed by atoms with Crippen LogP contribution in [0.3, 0.4) is 0 Å². The molecule has 128 valence electrons. The maximum absolute atomic E-state index is 13.4. The molecular formula is C18H21NO4S. The van der Waals surface area contributed by atoms with E-state index in [0.717, 1.165) is 24.1 Å². The summed E-state index contributed by atoms with van der Waals surface area (Å²) in [6.45, 7) is 1.93. The monoisotopic (exact) mass is 347 g/mol. The molecule has 0 spiro atoms. The zero-order chi connectivity index (χ0) is 17.3. The fraction of sp³-hybridized carbons (Fsp3) is 0.333. The largest absolute Gasteiger partial charge is 0.497 e. The summed E-state index contributed by atoms with van der Waals surface area (Å²) in [4.78, 5) is 0.118. The highest BCUT2D eigenvalue weighted by molar-refractivity contribution is 7.93. The van der Waals surface area contributed by atoms with Crippen molar-refractivity contribution in [3.63, 3.8) is 0 Å². The first kappa shape index (κ1) is 16.6. The van der Waals surface area contributed by atoms with Gasteiger partial charge in [-0.05, 0) is 43.5 Å². The molecule has 0 radical (unpaired) electrons. The number of aryl methyl sites for hydroxylation is 1. The molecule has 0 N–H and O–H groups in total. The Bertz CT molecular complexity index is 848. The van der Waals surface area contributed by atoms with Crippen LogP contribution in [0.25, 0.3) is 0 Å². The average Bonchev–Trinajstić information content (AvgIpc) is 2.60. The van der Waals surface area contributed by atoms with Crippen molar-refractivity contribution < 1.29 is 17.9 Å². The Kier molecular flexibility index (Phi) is 4.41. The molecule has 1 atom stereocenters. The summed E-state index contributed by atoms with van der Waals surface area (Å²) in [7, 11) is -0.794. The quantitative estimate of drug-likeness (QED) is 0.852. The van der Waals surface area contributed by atoms with E-state index < -0.39 is 10.0 Å². The van der Waals surface area contributed by atoms with Crippen molar-refractivity contribution in [3.05, 3.63) is 48.0 Å². The summed E-state index contributed by atoms with van der Waals surface area (Å²) >= 11 is 0. The van der Waals surface area contributed by atoms with E-state index in [4.69, 9.17) is 9.47 Å². The van der Waals surface area contributed by atoms with E-state index in [2.05, 4.69) is 0 Å². The van der Waals surface area contributed by atoms with Crippen LogP contribution in [0.15, 0.2) is 47.4 Å². The number of sulfonamides is 1. The predicted molar refractivity (Wildman–Crippen MR) is 93.4 cm³/mol. The van der Waals surface area contributed by atoms with Crippen molar-refractivity contribution in [2.75, 3.05) is 18.5 Å². The lowest BCUT2D eigenvalue weighted by Gasteiger charge is -2.36. The molecule has 2 aromatic carbocycles. The topological polar surface area (TPSA) is 55.8 Å². The molecule has 0 fully saturated rings. The van der Waals surface area contributed by atoms with Gasteiger partial charge in [0.1, 0.15) is 16.4 Å². The van der Waals surface area contributed by atoms with Gasteiger partial charge in [-0.25, -0.2) is 8.42 Å². The first-order valence-corrected chi connectivity index (χ1v) is 9.27. The zero-order valence-electron chi connectivity index (χ0n) is 14.0. The lowest BCUT2D eigenvalue weighted by molar-refractivity contribution is 0.392. The molecule has 0 saturated heterocycles. The van der Waals surface area contributed by atoms with Crippen LogP contribution in [0.2, 0.25) is 0 Å². The van der Waals surface area contributed by atoms with E-state index in [1.54, 1.807) is 12.1 Å². The zero-order valence-corrected chi connectivity index (χ0v) is 14.8. The minimum Gasteiger partial charge on any atom is -0.497 e. The minimum absolute atomic E-state index is 0.118. The van der Waals surface area contributed by atoms with Crippen molar-refractivity contribution in [2.45, 2.75) is 30.7 Å². The Balaban J connectivity index is 2.18. The SMILES string of the molecule is COc1ccc(OC)c(S(=O)(=O)N2c3ccccc3CC[C@H]2C)c1. The Labute approximate surface area is 142 Å². The summed E-state index contributed by atoms with van der Waals surface area (Å²) in [6.07, 6.45) is 1.65. The first-order chi connectivity index (χ1) is 11.5. The van der Waals surface area contributed by atoms with Gasteiger partial charge >= 0.3 is 0 Å². The molecular weight excluding hydrogens is 326 g/mol. The minimum atomic E-state index is -3.77. The molecule has 3 rings (SSSR count). The number of fused-ring (bicyclic) bond motifs is 1. The van der Waals surface area contributed by atoms with Gasteiger partial charge < -0.3 is 9.47 Å². The normalized spacial score (nSPS) is 17.3. The molecule has 1 heterocycles. The molecule has 0 bridgehead atoms. The maximum atomic E-state index is 13.4. The maximum Gasteiger partial charge on any atom is 0.268 e. The fourth-order valence-corrected chi connectivity index (χ4v) is 5.01. The molecule has 1 aliphatic rings. The van der Waals surface area contributed by atoms with Crippen LogP contribution in [0, 0.1) is 0 Å². The second kappa shape index (κ2) is 6.36. The van der Waals surface area contributed by atoms with E-state index in [1.165, 1.54) is 24.6 Å². The van der Waals surface area contributed by atoms with Crippen LogP contribution in [0.5, 0.6) is 11.5 Å². The Morgan fingerprint density at radius 2 is 1.83 bits per heavy atom. The fourth-order valence-electron chi connectivity index (χ4n) is 3.11. The van der Waals surface area contributed by atoms with Crippen molar-refractivity contribution in [3.8, 4) is 11.5 Å². The van der Waals surface area contributed by atoms with Crippen molar-refractivity contribution in [2.24, 2.45) is 0 Å². The number of nitrogens with zero attached hydrogens (tertiary/aromatic N) is 1. The highest BCUT2D eigenvalue weighted by atomic mass is 32.2. The number of rotatable bonds is 4. The van der Waals surface area contributed by atoms with Crippen LogP contribution in [-0.4, -0.2) is 28.7 Å². The van der Waals surface area contributed by atoms with Crippen LogP contribution in [-0.2, 0) is 16.4 Å². The summed E-state index contributed by atoms with van der Waals surface area (Å²) in [5, 5.41) is 0. The van der Waals surface area contributed by atoms with Gasteiger partial charge in [0.15, 0.2) is 0 Å². The number of hydrogen-bond acceptors (Lipinski definition) is 4. The molecule has 0 aliphatic carbocycles. The highest BCUT2D eigenvalue weighted by Gasteiger charge is 2.35. The summed E-state index contributed by atoms with van der Waals surface area (Å²) in [5.41, 5.74) is 1.78. The number of benzene rings is 2. The van der Waals surface area contributed by atoms with Gasteiger partial charge in [-0.2, -0.15) is 0 Å². The van der Waals surface area contributed by atoms with Crippen LogP contribution >= 0.6 is 0 Å². The standard InChI is InChI=1S/C18H21NO4S/c1-13-8-9-14-6-4-5-7-16(14)19(13)24(20,21)18-12-15(22-2)10-11-17(18)23-3/h4-7,10-13H,8-9H2,1-3H3/t13-/m1/s1. The lowest BCUT2D eigenvalue weighted by atomic mass is 9.99. The highest BCUT2D eigenvalue weighted by Crippen LogP contribution is 2.38. The van der Waals surface area contributed by atoms with Crippen molar-refractivity contribution in [1.29, 1.82) is 0 Å².